The lowest BCUT2D eigenvalue weighted by molar-refractivity contribution is 0.306. The van der Waals surface area contributed by atoms with E-state index < -0.39 is 16.1 Å². The fraction of sp³-hybridized carbons (Fsp3) is 0.171. The van der Waals surface area contributed by atoms with Crippen LogP contribution in [0.3, 0.4) is 0 Å². The molecule has 9 nitrogen and oxygen atoms in total. The zero-order valence-corrected chi connectivity index (χ0v) is 28.3. The minimum Gasteiger partial charge on any atom is -0.487 e. The van der Waals surface area contributed by atoms with E-state index in [9.17, 15) is 12.8 Å². The molecule has 3 aromatic heterocycles. The van der Waals surface area contributed by atoms with Crippen LogP contribution in [0.2, 0.25) is 5.02 Å². The van der Waals surface area contributed by atoms with Crippen LogP contribution in [0, 0.1) is 11.6 Å². The van der Waals surface area contributed by atoms with E-state index in [0.717, 1.165) is 10.7 Å². The average molecular weight is 719 g/mol. The minimum absolute atomic E-state index is 0.154. The molecule has 0 aliphatic rings. The minimum atomic E-state index is -2.32. The molecule has 1 N–H and O–H groups in total. The highest BCUT2D eigenvalue weighted by molar-refractivity contribution is 7.71. The van der Waals surface area contributed by atoms with Gasteiger partial charge in [-0.25, -0.2) is 23.7 Å². The van der Waals surface area contributed by atoms with E-state index in [1.54, 1.807) is 52.9 Å². The Morgan fingerprint density at radius 1 is 0.959 bits per heavy atom. The highest BCUT2D eigenvalue weighted by Gasteiger charge is 2.15. The van der Waals surface area contributed by atoms with Gasteiger partial charge in [-0.3, -0.25) is 9.88 Å². The van der Waals surface area contributed by atoms with Gasteiger partial charge in [0.25, 0.3) is 0 Å². The number of halogens is 3. The monoisotopic (exact) mass is 718 g/mol. The first-order valence-corrected chi connectivity index (χ1v) is 17.6. The number of hydrogen-bond acceptors (Lipinski definition) is 9. The van der Waals surface area contributed by atoms with Crippen molar-refractivity contribution in [3.05, 3.63) is 124 Å². The van der Waals surface area contributed by atoms with Crippen molar-refractivity contribution in [1.82, 2.24) is 24.8 Å². The molecule has 0 fully saturated rings. The molecule has 3 heterocycles. The molecule has 0 bridgehead atoms. The van der Waals surface area contributed by atoms with Gasteiger partial charge in [-0.05, 0) is 60.5 Å². The summed E-state index contributed by atoms with van der Waals surface area (Å²) in [6, 6.07) is 20.0. The molecular formula is C35H29ClF2N6O3S2. The van der Waals surface area contributed by atoms with Crippen molar-refractivity contribution in [2.75, 3.05) is 18.4 Å². The van der Waals surface area contributed by atoms with E-state index in [1.165, 1.54) is 41.4 Å². The van der Waals surface area contributed by atoms with Crippen LogP contribution < -0.4 is 10.1 Å². The summed E-state index contributed by atoms with van der Waals surface area (Å²) in [7, 11) is -2.32. The molecule has 0 saturated heterocycles. The van der Waals surface area contributed by atoms with Crippen LogP contribution in [0.5, 0.6) is 5.75 Å². The summed E-state index contributed by atoms with van der Waals surface area (Å²) in [5.41, 5.74) is 4.57. The van der Waals surface area contributed by atoms with Gasteiger partial charge in [0.05, 0.1) is 21.2 Å². The largest absolute Gasteiger partial charge is 0.487 e. The van der Waals surface area contributed by atoms with Crippen LogP contribution in [0.25, 0.3) is 22.2 Å². The number of benzene rings is 3. The molecular weight excluding hydrogens is 690 g/mol. The lowest BCUT2D eigenvalue weighted by Crippen LogP contribution is -2.26. The van der Waals surface area contributed by atoms with Gasteiger partial charge in [0.15, 0.2) is 0 Å². The average Bonchev–Trinajstić information content (AvgIpc) is 3.55. The molecule has 14 heteroatoms. The number of nitrogens with one attached hydrogen (secondary N) is 1. The Morgan fingerprint density at radius 2 is 1.86 bits per heavy atom. The van der Waals surface area contributed by atoms with Gasteiger partial charge in [-0.1, -0.05) is 29.8 Å². The number of pyridine rings is 1. The highest BCUT2D eigenvalue weighted by Crippen LogP contribution is 2.34. The molecule has 0 aliphatic carbocycles. The molecule has 3 aromatic carbocycles. The Bertz CT molecular complexity index is 2210. The summed E-state index contributed by atoms with van der Waals surface area (Å²) in [5.74, 6) is 0.0718. The summed E-state index contributed by atoms with van der Waals surface area (Å²) in [4.78, 5) is 19.4. The molecule has 0 spiro atoms. The standard InChI is InChI=1S/C35H29ClF2N6O3S2/c36-29-16-26(9-10-33(29)47-19-23-5-3-6-24(37)15-23)42-35-28-17-27(30(38)18-31(28)40-21-41-35)32-20-48-34(43-32)8-4-13-44(22-49(45)46)14-11-25-7-1-2-12-39-25/h1-3,5-7,9-10,12,15-18,20-22H,4,8,11,13-14,19H2,(H,40,41,42). The van der Waals surface area contributed by atoms with Gasteiger partial charge in [-0.2, -0.15) is 8.42 Å². The quantitative estimate of drug-likeness (QED) is 0.114. The predicted octanol–water partition coefficient (Wildman–Crippen LogP) is 7.52. The zero-order valence-electron chi connectivity index (χ0n) is 25.9. The van der Waals surface area contributed by atoms with Gasteiger partial charge in [-0.15, -0.1) is 11.3 Å². The molecule has 0 atom stereocenters. The van der Waals surface area contributed by atoms with Crippen molar-refractivity contribution in [2.45, 2.75) is 25.9 Å². The van der Waals surface area contributed by atoms with Gasteiger partial charge >= 0.3 is 0 Å². The summed E-state index contributed by atoms with van der Waals surface area (Å²) < 4.78 is 57.4. The molecule has 0 radical (unpaired) electrons. The van der Waals surface area contributed by atoms with Crippen molar-refractivity contribution >= 4 is 61.1 Å². The Kier molecular flexibility index (Phi) is 11.2. The first-order chi connectivity index (χ1) is 23.8. The van der Waals surface area contributed by atoms with Crippen LogP contribution >= 0.6 is 22.9 Å². The van der Waals surface area contributed by atoms with E-state index in [4.69, 9.17) is 16.3 Å². The van der Waals surface area contributed by atoms with Crippen LogP contribution in [-0.4, -0.2) is 51.8 Å². The fourth-order valence-electron chi connectivity index (χ4n) is 5.12. The maximum atomic E-state index is 15.3. The lowest BCUT2D eigenvalue weighted by Gasteiger charge is -2.15. The van der Waals surface area contributed by atoms with Crippen LogP contribution in [0.4, 0.5) is 20.3 Å². The SMILES string of the molecule is O=S(=O)=CN(CCCc1nc(-c2cc3c(Nc4ccc(OCc5cccc(F)c5)c(Cl)c4)ncnc3cc2F)cs1)CCc1ccccn1. The number of aryl methyl sites for hydroxylation is 1. The van der Waals surface area contributed by atoms with Gasteiger partial charge in [0, 0.05) is 65.9 Å². The maximum absolute atomic E-state index is 15.3. The van der Waals surface area contributed by atoms with Gasteiger partial charge < -0.3 is 10.1 Å². The second-order valence-electron chi connectivity index (χ2n) is 11.0. The number of hydrogen-bond donors (Lipinski definition) is 1. The molecule has 0 unspecified atom stereocenters. The first kappa shape index (κ1) is 34.1. The summed E-state index contributed by atoms with van der Waals surface area (Å²) in [5, 5.41) is 6.77. The number of ether oxygens (including phenoxy) is 1. The molecule has 0 amide bonds. The smallest absolute Gasteiger partial charge is 0.225 e. The molecule has 0 aliphatic heterocycles. The van der Waals surface area contributed by atoms with Crippen LogP contribution in [0.15, 0.2) is 90.7 Å². The van der Waals surface area contributed by atoms with Crippen LogP contribution in [-0.2, 0) is 29.7 Å². The fourth-order valence-corrected chi connectivity index (χ4v) is 6.65. The van der Waals surface area contributed by atoms with Crippen molar-refractivity contribution in [2.24, 2.45) is 0 Å². The summed E-state index contributed by atoms with van der Waals surface area (Å²) in [6.07, 6.45) is 4.92. The van der Waals surface area contributed by atoms with E-state index in [2.05, 4.69) is 25.3 Å². The Hall–Kier alpha value is -4.82. The van der Waals surface area contributed by atoms with Crippen molar-refractivity contribution in [3.63, 3.8) is 0 Å². The topological polar surface area (TPSA) is 110 Å². The lowest BCUT2D eigenvalue weighted by atomic mass is 10.1. The maximum Gasteiger partial charge on any atom is 0.225 e. The molecule has 250 valence electrons. The van der Waals surface area contributed by atoms with Gasteiger partial charge in [0.1, 0.15) is 41.6 Å². The van der Waals surface area contributed by atoms with E-state index in [-0.39, 0.29) is 12.4 Å². The van der Waals surface area contributed by atoms with E-state index >= 15 is 4.39 Å². The number of aromatic nitrogens is 4. The third-order valence-corrected chi connectivity index (χ3v) is 9.16. The van der Waals surface area contributed by atoms with E-state index in [0.29, 0.717) is 82.4 Å². The normalized spacial score (nSPS) is 11.2. The molecule has 49 heavy (non-hydrogen) atoms. The highest BCUT2D eigenvalue weighted by atomic mass is 35.5. The zero-order chi connectivity index (χ0) is 34.2. The third kappa shape index (κ3) is 9.21. The number of thiazole rings is 1. The van der Waals surface area contributed by atoms with Crippen LogP contribution in [0.1, 0.15) is 22.7 Å². The number of anilines is 2. The molecule has 6 aromatic rings. The Labute approximate surface area is 291 Å². The second kappa shape index (κ2) is 16.1. The number of fused-ring (bicyclic) bond motifs is 1. The third-order valence-electron chi connectivity index (χ3n) is 7.48. The van der Waals surface area contributed by atoms with Crippen molar-refractivity contribution in [3.8, 4) is 17.0 Å². The number of nitrogens with zero attached hydrogens (tertiary/aromatic N) is 5. The van der Waals surface area contributed by atoms with Crippen molar-refractivity contribution in [1.29, 1.82) is 0 Å². The Balaban J connectivity index is 1.13. The number of rotatable bonds is 14. The first-order valence-electron chi connectivity index (χ1n) is 15.2. The van der Waals surface area contributed by atoms with E-state index in [1.807, 2.05) is 18.2 Å². The second-order valence-corrected chi connectivity index (χ2v) is 13.0. The van der Waals surface area contributed by atoms with Crippen molar-refractivity contribution < 1.29 is 21.9 Å². The summed E-state index contributed by atoms with van der Waals surface area (Å²) >= 11 is 7.91. The summed E-state index contributed by atoms with van der Waals surface area (Å²) in [6.45, 7) is 1.17. The Morgan fingerprint density at radius 3 is 2.65 bits per heavy atom. The molecule has 6 rings (SSSR count). The predicted molar refractivity (Wildman–Crippen MR) is 189 cm³/mol. The van der Waals surface area contributed by atoms with Gasteiger partial charge in [0.2, 0.25) is 10.3 Å². The molecule has 0 saturated carbocycles.